The minimum atomic E-state index is -0.134. The monoisotopic (exact) mass is 202 g/mol. The fourth-order valence-electron chi connectivity index (χ4n) is 1.50. The summed E-state index contributed by atoms with van der Waals surface area (Å²) in [6.45, 7) is 0. The Kier molecular flexibility index (Phi) is 2.25. The van der Waals surface area contributed by atoms with Gasteiger partial charge in [0.05, 0.1) is 5.69 Å². The molecule has 0 bridgehead atoms. The van der Waals surface area contributed by atoms with Crippen LogP contribution in [-0.4, -0.2) is 24.2 Å². The molecule has 2 N–H and O–H groups in total. The third-order valence-electron chi connectivity index (χ3n) is 2.26. The second-order valence-electron chi connectivity index (χ2n) is 3.22. The lowest BCUT2D eigenvalue weighted by molar-refractivity contribution is 0.0963. The fourth-order valence-corrected chi connectivity index (χ4v) is 1.50. The van der Waals surface area contributed by atoms with Crippen LogP contribution in [0.5, 0.6) is 0 Å². The van der Waals surface area contributed by atoms with Gasteiger partial charge >= 0.3 is 0 Å². The Hall–Kier alpha value is -2.10. The van der Waals surface area contributed by atoms with Gasteiger partial charge in [-0.25, -0.2) is 0 Å². The second kappa shape index (κ2) is 3.57. The summed E-state index contributed by atoms with van der Waals surface area (Å²) in [5.74, 6) is -0.134. The van der Waals surface area contributed by atoms with Gasteiger partial charge < -0.3 is 10.3 Å². The van der Waals surface area contributed by atoms with Gasteiger partial charge in [0.2, 0.25) is 0 Å². The van der Waals surface area contributed by atoms with Crippen molar-refractivity contribution in [2.45, 2.75) is 0 Å². The third-order valence-corrected chi connectivity index (χ3v) is 2.26. The Bertz CT molecular complexity index is 528. The van der Waals surface area contributed by atoms with Gasteiger partial charge in [0, 0.05) is 23.5 Å². The summed E-state index contributed by atoms with van der Waals surface area (Å²) in [7, 11) is 1.58. The molecular weight excluding hydrogens is 192 g/mol. The number of H-pyrrole nitrogens is 1. The van der Waals surface area contributed by atoms with E-state index in [1.807, 2.05) is 0 Å². The van der Waals surface area contributed by atoms with Crippen LogP contribution in [0.15, 0.2) is 24.3 Å². The van der Waals surface area contributed by atoms with E-state index < -0.39 is 0 Å². The number of amides is 1. The molecule has 0 spiro atoms. The molecule has 0 unspecified atom stereocenters. The number of carbonyl (C=O) groups excluding carboxylic acids is 2. The first-order valence-corrected chi connectivity index (χ1v) is 4.54. The van der Waals surface area contributed by atoms with Crippen molar-refractivity contribution in [2.24, 2.45) is 0 Å². The number of hydrogen-bond donors (Lipinski definition) is 2. The minimum absolute atomic E-state index is 0.134. The molecule has 0 saturated carbocycles. The molecule has 15 heavy (non-hydrogen) atoms. The van der Waals surface area contributed by atoms with Gasteiger partial charge in [0.25, 0.3) is 5.91 Å². The highest BCUT2D eigenvalue weighted by atomic mass is 16.1. The molecule has 4 nitrogen and oxygen atoms in total. The van der Waals surface area contributed by atoms with Crippen molar-refractivity contribution in [1.29, 1.82) is 0 Å². The van der Waals surface area contributed by atoms with E-state index in [2.05, 4.69) is 10.3 Å². The van der Waals surface area contributed by atoms with E-state index in [0.717, 1.165) is 17.2 Å². The zero-order valence-electron chi connectivity index (χ0n) is 8.20. The smallest absolute Gasteiger partial charge is 0.251 e. The Morgan fingerprint density at radius 3 is 2.87 bits per heavy atom. The van der Waals surface area contributed by atoms with Gasteiger partial charge in [-0.15, -0.1) is 0 Å². The predicted octanol–water partition coefficient (Wildman–Crippen LogP) is 1.34. The van der Waals surface area contributed by atoms with E-state index in [9.17, 15) is 9.59 Å². The largest absolute Gasteiger partial charge is 0.355 e. The van der Waals surface area contributed by atoms with Gasteiger partial charge in [-0.2, -0.15) is 0 Å². The van der Waals surface area contributed by atoms with Crippen LogP contribution in [0.4, 0.5) is 0 Å². The first-order valence-electron chi connectivity index (χ1n) is 4.54. The van der Waals surface area contributed by atoms with E-state index in [-0.39, 0.29) is 5.91 Å². The van der Waals surface area contributed by atoms with E-state index in [1.165, 1.54) is 0 Å². The topological polar surface area (TPSA) is 62.0 Å². The summed E-state index contributed by atoms with van der Waals surface area (Å²) in [6, 6.07) is 6.96. The molecule has 0 aliphatic carbocycles. The number of hydrogen-bond acceptors (Lipinski definition) is 2. The normalized spacial score (nSPS) is 10.2. The SMILES string of the molecule is CNC(=O)c1ccc2[nH]c(C=O)cc2c1. The molecule has 1 aromatic carbocycles. The third kappa shape index (κ3) is 1.61. The zero-order valence-corrected chi connectivity index (χ0v) is 8.20. The molecule has 2 rings (SSSR count). The molecular formula is C11H10N2O2. The van der Waals surface area contributed by atoms with Crippen LogP contribution in [0, 0.1) is 0 Å². The lowest BCUT2D eigenvalue weighted by Crippen LogP contribution is -2.17. The van der Waals surface area contributed by atoms with Crippen LogP contribution in [0.3, 0.4) is 0 Å². The van der Waals surface area contributed by atoms with Crippen LogP contribution in [0.25, 0.3) is 10.9 Å². The Balaban J connectivity index is 2.55. The van der Waals surface area contributed by atoms with E-state index >= 15 is 0 Å². The van der Waals surface area contributed by atoms with Crippen molar-refractivity contribution in [3.05, 3.63) is 35.5 Å². The van der Waals surface area contributed by atoms with Crippen molar-refractivity contribution < 1.29 is 9.59 Å². The first kappa shape index (κ1) is 9.45. The zero-order chi connectivity index (χ0) is 10.8. The van der Waals surface area contributed by atoms with Crippen LogP contribution >= 0.6 is 0 Å². The number of aromatic amines is 1. The number of aromatic nitrogens is 1. The van der Waals surface area contributed by atoms with Crippen LogP contribution in [0.1, 0.15) is 20.8 Å². The Labute approximate surface area is 86.3 Å². The maximum absolute atomic E-state index is 11.3. The van der Waals surface area contributed by atoms with E-state index in [4.69, 9.17) is 0 Å². The highest BCUT2D eigenvalue weighted by molar-refractivity contribution is 5.99. The molecule has 0 aliphatic heterocycles. The van der Waals surface area contributed by atoms with Gasteiger partial charge in [0.1, 0.15) is 0 Å². The molecule has 2 aromatic rings. The summed E-state index contributed by atoms with van der Waals surface area (Å²) in [4.78, 5) is 24.8. The van der Waals surface area contributed by atoms with Gasteiger partial charge in [-0.3, -0.25) is 9.59 Å². The Morgan fingerprint density at radius 2 is 2.20 bits per heavy atom. The fraction of sp³-hybridized carbons (Fsp3) is 0.0909. The van der Waals surface area contributed by atoms with Gasteiger partial charge in [-0.1, -0.05) is 0 Å². The summed E-state index contributed by atoms with van der Waals surface area (Å²) < 4.78 is 0. The number of carbonyl (C=O) groups is 2. The first-order chi connectivity index (χ1) is 7.24. The molecule has 1 heterocycles. The van der Waals surface area contributed by atoms with E-state index in [1.54, 1.807) is 31.3 Å². The minimum Gasteiger partial charge on any atom is -0.355 e. The number of fused-ring (bicyclic) bond motifs is 1. The highest BCUT2D eigenvalue weighted by Gasteiger charge is 2.05. The molecule has 4 heteroatoms. The maximum atomic E-state index is 11.3. The molecule has 0 fully saturated rings. The lowest BCUT2D eigenvalue weighted by atomic mass is 10.1. The second-order valence-corrected chi connectivity index (χ2v) is 3.22. The summed E-state index contributed by atoms with van der Waals surface area (Å²) in [5.41, 5.74) is 1.95. The standard InChI is InChI=1S/C11H10N2O2/c1-12-11(15)7-2-3-10-8(4-7)5-9(6-14)13-10/h2-6,13H,1H3,(H,12,15). The number of nitrogens with one attached hydrogen (secondary N) is 2. The van der Waals surface area contributed by atoms with Crippen molar-refractivity contribution in [2.75, 3.05) is 7.05 Å². The lowest BCUT2D eigenvalue weighted by Gasteiger charge is -1.98. The highest BCUT2D eigenvalue weighted by Crippen LogP contribution is 2.16. The van der Waals surface area contributed by atoms with Crippen LogP contribution in [-0.2, 0) is 0 Å². The van der Waals surface area contributed by atoms with Crippen LogP contribution < -0.4 is 5.32 Å². The summed E-state index contributed by atoms with van der Waals surface area (Å²) >= 11 is 0. The van der Waals surface area contributed by atoms with Crippen LogP contribution in [0.2, 0.25) is 0 Å². The van der Waals surface area contributed by atoms with Crippen molar-refractivity contribution in [3.8, 4) is 0 Å². The van der Waals surface area contributed by atoms with E-state index in [0.29, 0.717) is 11.3 Å². The molecule has 0 radical (unpaired) electrons. The molecule has 1 aromatic heterocycles. The predicted molar refractivity (Wildman–Crippen MR) is 57.1 cm³/mol. The number of benzene rings is 1. The summed E-state index contributed by atoms with van der Waals surface area (Å²) in [5, 5.41) is 3.41. The molecule has 0 aliphatic rings. The summed E-state index contributed by atoms with van der Waals surface area (Å²) in [6.07, 6.45) is 0.750. The number of aldehydes is 1. The quantitative estimate of drug-likeness (QED) is 0.722. The van der Waals surface area contributed by atoms with Crippen molar-refractivity contribution in [1.82, 2.24) is 10.3 Å². The van der Waals surface area contributed by atoms with Gasteiger partial charge in [-0.05, 0) is 24.3 Å². The average molecular weight is 202 g/mol. The molecule has 0 saturated heterocycles. The average Bonchev–Trinajstić information content (AvgIpc) is 2.69. The number of rotatable bonds is 2. The van der Waals surface area contributed by atoms with Crippen molar-refractivity contribution >= 4 is 23.1 Å². The molecule has 1 amide bonds. The van der Waals surface area contributed by atoms with Crippen molar-refractivity contribution in [3.63, 3.8) is 0 Å². The van der Waals surface area contributed by atoms with Gasteiger partial charge in [0.15, 0.2) is 6.29 Å². The Morgan fingerprint density at radius 1 is 1.40 bits per heavy atom. The molecule has 0 atom stereocenters. The molecule has 76 valence electrons. The maximum Gasteiger partial charge on any atom is 0.251 e.